The first kappa shape index (κ1) is 17.3. The Bertz CT molecular complexity index is 1050. The number of aryl methyl sites for hydroxylation is 2. The van der Waals surface area contributed by atoms with Crippen molar-refractivity contribution in [2.75, 3.05) is 13.2 Å². The quantitative estimate of drug-likeness (QED) is 0.667. The third-order valence-corrected chi connectivity index (χ3v) is 5.13. The van der Waals surface area contributed by atoms with E-state index in [4.69, 9.17) is 4.74 Å². The first-order valence-electron chi connectivity index (χ1n) is 9.05. The molecular formula is C20H22N4O3. The molecule has 4 rings (SSSR count). The van der Waals surface area contributed by atoms with E-state index in [-0.39, 0.29) is 5.91 Å². The number of carbonyl (C=O) groups is 2. The van der Waals surface area contributed by atoms with Crippen LogP contribution in [0.2, 0.25) is 0 Å². The second kappa shape index (κ2) is 6.57. The molecule has 2 aromatic heterocycles. The highest BCUT2D eigenvalue weighted by molar-refractivity contribution is 5.98. The van der Waals surface area contributed by atoms with E-state index in [9.17, 15) is 9.59 Å². The zero-order valence-corrected chi connectivity index (χ0v) is 15.7. The minimum absolute atomic E-state index is 0.0394. The maximum atomic E-state index is 13.1. The number of amides is 1. The lowest BCUT2D eigenvalue weighted by molar-refractivity contribution is 0.0513. The monoisotopic (exact) mass is 366 g/mol. The molecule has 0 saturated carbocycles. The van der Waals surface area contributed by atoms with Crippen LogP contribution < -0.4 is 0 Å². The molecular weight excluding hydrogens is 344 g/mol. The molecule has 27 heavy (non-hydrogen) atoms. The van der Waals surface area contributed by atoms with Gasteiger partial charge in [0, 0.05) is 55.6 Å². The lowest BCUT2D eigenvalue weighted by atomic mass is 10.0. The van der Waals surface area contributed by atoms with Crippen LogP contribution in [0.5, 0.6) is 0 Å². The molecule has 1 aromatic carbocycles. The minimum Gasteiger partial charge on any atom is -0.461 e. The number of fused-ring (bicyclic) bond motifs is 2. The summed E-state index contributed by atoms with van der Waals surface area (Å²) in [7, 11) is 3.79. The fourth-order valence-corrected chi connectivity index (χ4v) is 3.71. The molecule has 0 N–H and O–H groups in total. The predicted molar refractivity (Wildman–Crippen MR) is 101 cm³/mol. The van der Waals surface area contributed by atoms with E-state index in [1.165, 1.54) is 0 Å². The number of hydrogen-bond donors (Lipinski definition) is 0. The van der Waals surface area contributed by atoms with Crippen LogP contribution in [0, 0.1) is 0 Å². The predicted octanol–water partition coefficient (Wildman–Crippen LogP) is 2.29. The fourth-order valence-electron chi connectivity index (χ4n) is 3.71. The van der Waals surface area contributed by atoms with Gasteiger partial charge in [0.05, 0.1) is 13.2 Å². The molecule has 0 aliphatic carbocycles. The van der Waals surface area contributed by atoms with Gasteiger partial charge in [0.1, 0.15) is 0 Å². The van der Waals surface area contributed by atoms with Gasteiger partial charge in [-0.2, -0.15) is 5.10 Å². The van der Waals surface area contributed by atoms with Crippen LogP contribution in [0.1, 0.15) is 39.0 Å². The summed E-state index contributed by atoms with van der Waals surface area (Å²) in [5.41, 5.74) is 3.75. The largest absolute Gasteiger partial charge is 0.461 e. The first-order chi connectivity index (χ1) is 13.0. The van der Waals surface area contributed by atoms with Crippen LogP contribution in [0.3, 0.4) is 0 Å². The van der Waals surface area contributed by atoms with Gasteiger partial charge in [-0.05, 0) is 30.5 Å². The van der Waals surface area contributed by atoms with Crippen LogP contribution in [0.25, 0.3) is 10.9 Å². The summed E-state index contributed by atoms with van der Waals surface area (Å²) < 4.78 is 8.84. The Kier molecular flexibility index (Phi) is 4.22. The standard InChI is InChI=1S/C20H22N4O3/c1-4-27-20(26)18-15-12-24(10-8-16(15)23(3)21-18)19(25)14-6-5-13-7-9-22(2)17(13)11-14/h5-7,9,11H,4,8,10,12H2,1-3H3. The second-order valence-electron chi connectivity index (χ2n) is 6.79. The van der Waals surface area contributed by atoms with E-state index >= 15 is 0 Å². The molecule has 140 valence electrons. The third kappa shape index (κ3) is 2.89. The number of esters is 1. The van der Waals surface area contributed by atoms with Crippen molar-refractivity contribution in [3.05, 3.63) is 53.0 Å². The Morgan fingerprint density at radius 1 is 1.22 bits per heavy atom. The van der Waals surface area contributed by atoms with E-state index in [0.717, 1.165) is 22.2 Å². The molecule has 0 bridgehead atoms. The van der Waals surface area contributed by atoms with E-state index in [1.54, 1.807) is 16.5 Å². The molecule has 3 heterocycles. The topological polar surface area (TPSA) is 69.4 Å². The molecule has 1 aliphatic rings. The van der Waals surface area contributed by atoms with Crippen molar-refractivity contribution in [1.29, 1.82) is 0 Å². The van der Waals surface area contributed by atoms with E-state index in [0.29, 0.717) is 37.4 Å². The highest BCUT2D eigenvalue weighted by atomic mass is 16.5. The van der Waals surface area contributed by atoms with Crippen LogP contribution in [-0.2, 0) is 31.8 Å². The van der Waals surface area contributed by atoms with Gasteiger partial charge in [-0.1, -0.05) is 6.07 Å². The van der Waals surface area contributed by atoms with Crippen molar-refractivity contribution < 1.29 is 14.3 Å². The maximum Gasteiger partial charge on any atom is 0.359 e. The van der Waals surface area contributed by atoms with Gasteiger partial charge >= 0.3 is 5.97 Å². The van der Waals surface area contributed by atoms with Gasteiger partial charge in [0.25, 0.3) is 5.91 Å². The summed E-state index contributed by atoms with van der Waals surface area (Å²) in [4.78, 5) is 27.1. The molecule has 1 aliphatic heterocycles. The van der Waals surface area contributed by atoms with Gasteiger partial charge in [-0.15, -0.1) is 0 Å². The van der Waals surface area contributed by atoms with E-state index in [2.05, 4.69) is 5.10 Å². The maximum absolute atomic E-state index is 13.1. The molecule has 0 atom stereocenters. The van der Waals surface area contributed by atoms with Gasteiger partial charge < -0.3 is 14.2 Å². The minimum atomic E-state index is -0.436. The normalized spacial score (nSPS) is 13.7. The number of nitrogens with zero attached hydrogens (tertiary/aromatic N) is 4. The lowest BCUT2D eigenvalue weighted by Crippen LogP contribution is -2.36. The molecule has 0 fully saturated rings. The first-order valence-corrected chi connectivity index (χ1v) is 9.05. The number of hydrogen-bond acceptors (Lipinski definition) is 4. The van der Waals surface area contributed by atoms with Crippen molar-refractivity contribution >= 4 is 22.8 Å². The average molecular weight is 366 g/mol. The summed E-state index contributed by atoms with van der Waals surface area (Å²) in [6, 6.07) is 7.77. The number of rotatable bonds is 3. The number of aromatic nitrogens is 3. The smallest absolute Gasteiger partial charge is 0.359 e. The third-order valence-electron chi connectivity index (χ3n) is 5.13. The van der Waals surface area contributed by atoms with Crippen molar-refractivity contribution in [2.24, 2.45) is 14.1 Å². The summed E-state index contributed by atoms with van der Waals surface area (Å²) in [5.74, 6) is -0.476. The zero-order valence-electron chi connectivity index (χ0n) is 15.7. The summed E-state index contributed by atoms with van der Waals surface area (Å²) in [6.07, 6.45) is 2.64. The Labute approximate surface area is 157 Å². The molecule has 7 heteroatoms. The number of ether oxygens (including phenoxy) is 1. The summed E-state index contributed by atoms with van der Waals surface area (Å²) in [5, 5.41) is 5.43. The Balaban J connectivity index is 1.64. The Hall–Kier alpha value is -3.09. The van der Waals surface area contributed by atoms with Gasteiger partial charge in [-0.3, -0.25) is 9.48 Å². The van der Waals surface area contributed by atoms with Crippen molar-refractivity contribution in [2.45, 2.75) is 19.9 Å². The summed E-state index contributed by atoms with van der Waals surface area (Å²) >= 11 is 0. The second-order valence-corrected chi connectivity index (χ2v) is 6.79. The van der Waals surface area contributed by atoms with Crippen LogP contribution in [0.4, 0.5) is 0 Å². The molecule has 3 aromatic rings. The van der Waals surface area contributed by atoms with Crippen LogP contribution in [-0.4, -0.2) is 44.3 Å². The Morgan fingerprint density at radius 2 is 2.04 bits per heavy atom. The molecule has 0 spiro atoms. The van der Waals surface area contributed by atoms with Crippen LogP contribution in [0.15, 0.2) is 30.5 Å². The molecule has 0 radical (unpaired) electrons. The Morgan fingerprint density at radius 3 is 2.81 bits per heavy atom. The van der Waals surface area contributed by atoms with Crippen molar-refractivity contribution in [3.63, 3.8) is 0 Å². The molecule has 1 amide bonds. The summed E-state index contributed by atoms with van der Waals surface area (Å²) in [6.45, 7) is 3.02. The highest BCUT2D eigenvalue weighted by Gasteiger charge is 2.30. The lowest BCUT2D eigenvalue weighted by Gasteiger charge is -2.27. The van der Waals surface area contributed by atoms with E-state index in [1.807, 2.05) is 49.1 Å². The molecule has 7 nitrogen and oxygen atoms in total. The molecule has 0 unspecified atom stereocenters. The van der Waals surface area contributed by atoms with Crippen molar-refractivity contribution in [1.82, 2.24) is 19.2 Å². The zero-order chi connectivity index (χ0) is 19.1. The number of carbonyl (C=O) groups excluding carboxylic acids is 2. The average Bonchev–Trinajstić information content (AvgIpc) is 3.21. The van der Waals surface area contributed by atoms with Gasteiger partial charge in [0.15, 0.2) is 5.69 Å². The van der Waals surface area contributed by atoms with E-state index < -0.39 is 5.97 Å². The van der Waals surface area contributed by atoms with Gasteiger partial charge in [0.2, 0.25) is 0 Å². The SMILES string of the molecule is CCOC(=O)c1nn(C)c2c1CN(C(=O)c1ccc3ccn(C)c3c1)CC2. The van der Waals surface area contributed by atoms with Crippen LogP contribution >= 0.6 is 0 Å². The highest BCUT2D eigenvalue weighted by Crippen LogP contribution is 2.25. The molecule has 0 saturated heterocycles. The fraction of sp³-hybridized carbons (Fsp3) is 0.350. The number of benzene rings is 1. The van der Waals surface area contributed by atoms with Gasteiger partial charge in [-0.25, -0.2) is 4.79 Å². The van der Waals surface area contributed by atoms with Crippen molar-refractivity contribution in [3.8, 4) is 0 Å².